The molecule has 0 N–H and O–H groups in total. The zero-order chi connectivity index (χ0) is 11.6. The summed E-state index contributed by atoms with van der Waals surface area (Å²) in [7, 11) is 0. The van der Waals surface area contributed by atoms with Crippen LogP contribution in [0, 0.1) is 0 Å². The molecule has 0 aromatic heterocycles. The quantitative estimate of drug-likeness (QED) is 0.708. The van der Waals surface area contributed by atoms with E-state index in [4.69, 9.17) is 0 Å². The van der Waals surface area contributed by atoms with Gasteiger partial charge in [-0.05, 0) is 23.8 Å². The second-order valence-corrected chi connectivity index (χ2v) is 4.93. The molecule has 1 amide bonds. The van der Waals surface area contributed by atoms with E-state index in [0.717, 1.165) is 25.9 Å². The zero-order valence-corrected chi connectivity index (χ0v) is 10.1. The van der Waals surface area contributed by atoms with Gasteiger partial charge in [-0.1, -0.05) is 37.3 Å². The predicted molar refractivity (Wildman–Crippen MR) is 65.3 cm³/mol. The fourth-order valence-corrected chi connectivity index (χ4v) is 2.44. The molecule has 1 aliphatic heterocycles. The maximum atomic E-state index is 11.3. The third-order valence-electron chi connectivity index (χ3n) is 3.78. The van der Waals surface area contributed by atoms with Gasteiger partial charge in [0.25, 0.3) is 0 Å². The number of rotatable bonds is 1. The molecule has 2 rings (SSSR count). The van der Waals surface area contributed by atoms with E-state index in [1.807, 2.05) is 4.90 Å². The fourth-order valence-electron chi connectivity index (χ4n) is 2.44. The highest BCUT2D eigenvalue weighted by Crippen LogP contribution is 2.34. The summed E-state index contributed by atoms with van der Waals surface area (Å²) < 4.78 is 0. The van der Waals surface area contributed by atoms with Gasteiger partial charge in [-0.2, -0.15) is 0 Å². The molecule has 1 saturated heterocycles. The van der Waals surface area contributed by atoms with E-state index in [0.29, 0.717) is 0 Å². The zero-order valence-electron chi connectivity index (χ0n) is 10.1. The first kappa shape index (κ1) is 11.2. The van der Waals surface area contributed by atoms with Crippen LogP contribution in [0.1, 0.15) is 32.3 Å². The summed E-state index contributed by atoms with van der Waals surface area (Å²) in [6.45, 7) is 5.74. The first-order valence-electron chi connectivity index (χ1n) is 5.93. The Morgan fingerprint density at radius 3 is 2.25 bits per heavy atom. The highest BCUT2D eigenvalue weighted by atomic mass is 16.2. The van der Waals surface area contributed by atoms with Crippen molar-refractivity contribution in [2.24, 2.45) is 0 Å². The molecule has 1 aromatic rings. The van der Waals surface area contributed by atoms with Crippen LogP contribution in [0.3, 0.4) is 0 Å². The lowest BCUT2D eigenvalue weighted by atomic mass is 9.74. The topological polar surface area (TPSA) is 20.3 Å². The van der Waals surface area contributed by atoms with Gasteiger partial charge in [-0.15, -0.1) is 0 Å². The van der Waals surface area contributed by atoms with Gasteiger partial charge in [0.2, 0.25) is 5.91 Å². The Morgan fingerprint density at radius 1 is 1.19 bits per heavy atom. The molecular formula is C14H19NO. The van der Waals surface area contributed by atoms with Crippen molar-refractivity contribution in [3.8, 4) is 0 Å². The van der Waals surface area contributed by atoms with E-state index in [-0.39, 0.29) is 11.3 Å². The maximum absolute atomic E-state index is 11.3. The van der Waals surface area contributed by atoms with E-state index in [1.54, 1.807) is 6.92 Å². The Morgan fingerprint density at radius 2 is 1.75 bits per heavy atom. The Kier molecular flexibility index (Phi) is 2.99. The van der Waals surface area contributed by atoms with Crippen LogP contribution in [0.2, 0.25) is 0 Å². The Labute approximate surface area is 97.3 Å². The van der Waals surface area contributed by atoms with E-state index in [1.165, 1.54) is 5.56 Å². The smallest absolute Gasteiger partial charge is 0.219 e. The molecule has 16 heavy (non-hydrogen) atoms. The van der Waals surface area contributed by atoms with Crippen LogP contribution in [0.4, 0.5) is 0 Å². The molecule has 1 fully saturated rings. The largest absolute Gasteiger partial charge is 0.343 e. The van der Waals surface area contributed by atoms with Crippen molar-refractivity contribution in [3.63, 3.8) is 0 Å². The van der Waals surface area contributed by atoms with E-state index in [2.05, 4.69) is 37.3 Å². The van der Waals surface area contributed by atoms with Crippen LogP contribution in [-0.2, 0) is 10.2 Å². The van der Waals surface area contributed by atoms with Crippen molar-refractivity contribution in [1.29, 1.82) is 0 Å². The molecule has 1 aliphatic rings. The number of carbonyl (C=O) groups excluding carboxylic acids is 1. The molecule has 0 saturated carbocycles. The lowest BCUT2D eigenvalue weighted by Gasteiger charge is -2.39. The van der Waals surface area contributed by atoms with Crippen molar-refractivity contribution in [3.05, 3.63) is 35.9 Å². The standard InChI is InChI=1S/C14H19NO/c1-12(16)15-10-8-14(2,9-11-15)13-6-4-3-5-7-13/h3-7H,8-11H2,1-2H3. The highest BCUT2D eigenvalue weighted by molar-refractivity contribution is 5.73. The minimum Gasteiger partial charge on any atom is -0.343 e. The minimum atomic E-state index is 0.204. The summed E-state index contributed by atoms with van der Waals surface area (Å²) in [6, 6.07) is 10.6. The van der Waals surface area contributed by atoms with Crippen LogP contribution in [0.25, 0.3) is 0 Å². The number of likely N-dealkylation sites (tertiary alicyclic amines) is 1. The Bertz CT molecular complexity index is 364. The van der Waals surface area contributed by atoms with Crippen LogP contribution < -0.4 is 0 Å². The van der Waals surface area contributed by atoms with Crippen molar-refractivity contribution in [1.82, 2.24) is 4.90 Å². The maximum Gasteiger partial charge on any atom is 0.219 e. The second-order valence-electron chi connectivity index (χ2n) is 4.93. The number of nitrogens with zero attached hydrogens (tertiary/aromatic N) is 1. The summed E-state index contributed by atoms with van der Waals surface area (Å²) in [5.41, 5.74) is 1.64. The van der Waals surface area contributed by atoms with Gasteiger partial charge in [-0.3, -0.25) is 4.79 Å². The second kappa shape index (κ2) is 4.28. The van der Waals surface area contributed by atoms with E-state index < -0.39 is 0 Å². The number of hydrogen-bond donors (Lipinski definition) is 0. The number of piperidine rings is 1. The summed E-state index contributed by atoms with van der Waals surface area (Å²) in [5, 5.41) is 0. The summed E-state index contributed by atoms with van der Waals surface area (Å²) in [5.74, 6) is 0.204. The molecule has 2 nitrogen and oxygen atoms in total. The molecule has 0 unspecified atom stereocenters. The lowest BCUT2D eigenvalue weighted by molar-refractivity contribution is -0.130. The number of benzene rings is 1. The summed E-state index contributed by atoms with van der Waals surface area (Å²) in [6.07, 6.45) is 2.13. The minimum absolute atomic E-state index is 0.204. The molecule has 2 heteroatoms. The SMILES string of the molecule is CC(=O)N1CCC(C)(c2ccccc2)CC1. The van der Waals surface area contributed by atoms with Gasteiger partial charge in [0, 0.05) is 20.0 Å². The van der Waals surface area contributed by atoms with Crippen LogP contribution in [0.15, 0.2) is 30.3 Å². The molecule has 1 aromatic carbocycles. The van der Waals surface area contributed by atoms with Crippen molar-refractivity contribution in [2.75, 3.05) is 13.1 Å². The summed E-state index contributed by atoms with van der Waals surface area (Å²) in [4.78, 5) is 13.2. The van der Waals surface area contributed by atoms with Crippen molar-refractivity contribution in [2.45, 2.75) is 32.1 Å². The fraction of sp³-hybridized carbons (Fsp3) is 0.500. The predicted octanol–water partition coefficient (Wildman–Crippen LogP) is 2.59. The molecule has 1 heterocycles. The van der Waals surface area contributed by atoms with Crippen LogP contribution >= 0.6 is 0 Å². The lowest BCUT2D eigenvalue weighted by Crippen LogP contribution is -2.42. The monoisotopic (exact) mass is 217 g/mol. The number of carbonyl (C=O) groups is 1. The molecule has 0 radical (unpaired) electrons. The van der Waals surface area contributed by atoms with Crippen LogP contribution in [0.5, 0.6) is 0 Å². The third-order valence-corrected chi connectivity index (χ3v) is 3.78. The van der Waals surface area contributed by atoms with Crippen LogP contribution in [-0.4, -0.2) is 23.9 Å². The Hall–Kier alpha value is -1.31. The first-order valence-corrected chi connectivity index (χ1v) is 5.93. The van der Waals surface area contributed by atoms with Gasteiger partial charge in [0.15, 0.2) is 0 Å². The number of amides is 1. The van der Waals surface area contributed by atoms with Crippen molar-refractivity contribution >= 4 is 5.91 Å². The van der Waals surface area contributed by atoms with Gasteiger partial charge in [0.1, 0.15) is 0 Å². The van der Waals surface area contributed by atoms with Crippen molar-refractivity contribution < 1.29 is 4.79 Å². The Balaban J connectivity index is 2.10. The average Bonchev–Trinajstić information content (AvgIpc) is 2.31. The average molecular weight is 217 g/mol. The van der Waals surface area contributed by atoms with Gasteiger partial charge in [0.05, 0.1) is 0 Å². The highest BCUT2D eigenvalue weighted by Gasteiger charge is 2.32. The molecule has 0 bridgehead atoms. The molecular weight excluding hydrogens is 198 g/mol. The normalized spacial score (nSPS) is 19.5. The molecule has 0 aliphatic carbocycles. The van der Waals surface area contributed by atoms with E-state index in [9.17, 15) is 4.79 Å². The molecule has 0 atom stereocenters. The molecule has 0 spiro atoms. The van der Waals surface area contributed by atoms with Gasteiger partial charge < -0.3 is 4.90 Å². The number of hydrogen-bond acceptors (Lipinski definition) is 1. The van der Waals surface area contributed by atoms with Gasteiger partial charge >= 0.3 is 0 Å². The summed E-state index contributed by atoms with van der Waals surface area (Å²) >= 11 is 0. The first-order chi connectivity index (χ1) is 7.62. The third kappa shape index (κ3) is 2.11. The van der Waals surface area contributed by atoms with Gasteiger partial charge in [-0.25, -0.2) is 0 Å². The molecule has 86 valence electrons. The van der Waals surface area contributed by atoms with E-state index >= 15 is 0 Å².